The molecule has 5 heteroatoms. The Balaban J connectivity index is 1.71. The van der Waals surface area contributed by atoms with E-state index < -0.39 is 0 Å². The summed E-state index contributed by atoms with van der Waals surface area (Å²) >= 11 is 0. The fourth-order valence-corrected chi connectivity index (χ4v) is 2.39. The van der Waals surface area contributed by atoms with Crippen LogP contribution in [0.4, 0.5) is 4.79 Å². The van der Waals surface area contributed by atoms with Crippen molar-refractivity contribution in [2.24, 2.45) is 5.73 Å². The van der Waals surface area contributed by atoms with Crippen LogP contribution in [0.5, 0.6) is 5.75 Å². The fraction of sp³-hybridized carbons (Fsp3) is 0.462. The number of nitrogens with zero attached hydrogens (tertiary/aromatic N) is 1. The van der Waals surface area contributed by atoms with E-state index in [1.165, 1.54) is 5.56 Å². The molecule has 1 fully saturated rings. The molecule has 2 aliphatic heterocycles. The minimum Gasteiger partial charge on any atom is -0.493 e. The molecule has 1 aromatic rings. The van der Waals surface area contributed by atoms with Crippen molar-refractivity contribution in [2.45, 2.75) is 19.1 Å². The molecule has 18 heavy (non-hydrogen) atoms. The average molecular weight is 248 g/mol. The van der Waals surface area contributed by atoms with Crippen LogP contribution in [-0.4, -0.2) is 36.8 Å². The van der Waals surface area contributed by atoms with Gasteiger partial charge < -0.3 is 20.1 Å². The predicted molar refractivity (Wildman–Crippen MR) is 65.4 cm³/mol. The molecule has 0 spiro atoms. The van der Waals surface area contributed by atoms with Crippen molar-refractivity contribution in [3.8, 4) is 5.75 Å². The molecule has 1 saturated heterocycles. The molecular formula is C13H16N2O3. The minimum absolute atomic E-state index is 0.171. The maximum absolute atomic E-state index is 11.6. The molecule has 2 N–H and O–H groups in total. The molecule has 0 saturated carbocycles. The Labute approximate surface area is 105 Å². The molecule has 1 amide bonds. The Morgan fingerprint density at radius 1 is 1.44 bits per heavy atom. The van der Waals surface area contributed by atoms with Gasteiger partial charge in [0.15, 0.2) is 0 Å². The number of fused-ring (bicyclic) bond motifs is 1. The van der Waals surface area contributed by atoms with Crippen molar-refractivity contribution in [1.82, 2.24) is 4.90 Å². The lowest BCUT2D eigenvalue weighted by atomic mass is 10.1. The normalized spacial score (nSPS) is 21.7. The van der Waals surface area contributed by atoms with Crippen LogP contribution in [0.1, 0.15) is 11.1 Å². The lowest BCUT2D eigenvalue weighted by Crippen LogP contribution is -2.27. The van der Waals surface area contributed by atoms with Crippen molar-refractivity contribution < 1.29 is 14.3 Å². The van der Waals surface area contributed by atoms with Crippen molar-refractivity contribution in [2.75, 3.05) is 19.7 Å². The molecule has 5 nitrogen and oxygen atoms in total. The Bertz CT molecular complexity index is 475. The summed E-state index contributed by atoms with van der Waals surface area (Å²) in [4.78, 5) is 13.3. The summed E-state index contributed by atoms with van der Waals surface area (Å²) in [6, 6.07) is 6.07. The van der Waals surface area contributed by atoms with Crippen LogP contribution in [0.25, 0.3) is 0 Å². The van der Waals surface area contributed by atoms with Gasteiger partial charge in [0, 0.05) is 19.5 Å². The number of nitrogens with two attached hydrogens (primary N) is 1. The summed E-state index contributed by atoms with van der Waals surface area (Å²) in [5.41, 5.74) is 7.83. The van der Waals surface area contributed by atoms with Crippen molar-refractivity contribution in [3.63, 3.8) is 0 Å². The van der Waals surface area contributed by atoms with Gasteiger partial charge in [-0.05, 0) is 17.2 Å². The van der Waals surface area contributed by atoms with Gasteiger partial charge >= 0.3 is 6.09 Å². The van der Waals surface area contributed by atoms with E-state index in [2.05, 4.69) is 6.07 Å². The van der Waals surface area contributed by atoms with Crippen LogP contribution in [0.3, 0.4) is 0 Å². The zero-order valence-corrected chi connectivity index (χ0v) is 10.1. The molecular weight excluding hydrogens is 232 g/mol. The quantitative estimate of drug-likeness (QED) is 0.863. The second-order valence-corrected chi connectivity index (χ2v) is 4.66. The third-order valence-electron chi connectivity index (χ3n) is 3.34. The molecule has 0 radical (unpaired) electrons. The number of carbonyl (C=O) groups is 1. The monoisotopic (exact) mass is 248 g/mol. The highest BCUT2D eigenvalue weighted by Crippen LogP contribution is 2.26. The van der Waals surface area contributed by atoms with Gasteiger partial charge in [-0.25, -0.2) is 4.79 Å². The van der Waals surface area contributed by atoms with E-state index in [1.807, 2.05) is 12.1 Å². The van der Waals surface area contributed by atoms with Crippen molar-refractivity contribution in [3.05, 3.63) is 29.3 Å². The minimum atomic E-state index is -0.276. The molecule has 1 atom stereocenters. The number of ether oxygens (including phenoxy) is 2. The van der Waals surface area contributed by atoms with Gasteiger partial charge in [0.2, 0.25) is 0 Å². The largest absolute Gasteiger partial charge is 0.493 e. The maximum Gasteiger partial charge on any atom is 0.410 e. The Morgan fingerprint density at radius 3 is 3.11 bits per heavy atom. The zero-order chi connectivity index (χ0) is 12.5. The smallest absolute Gasteiger partial charge is 0.410 e. The molecule has 1 unspecified atom stereocenters. The Kier molecular flexibility index (Phi) is 2.83. The first-order valence-electron chi connectivity index (χ1n) is 6.16. The van der Waals surface area contributed by atoms with E-state index in [0.29, 0.717) is 19.6 Å². The first kappa shape index (κ1) is 11.3. The second kappa shape index (κ2) is 4.49. The molecule has 0 bridgehead atoms. The average Bonchev–Trinajstić information content (AvgIpc) is 2.96. The molecule has 0 aliphatic carbocycles. The molecule has 96 valence electrons. The van der Waals surface area contributed by atoms with Gasteiger partial charge in [-0.2, -0.15) is 0 Å². The van der Waals surface area contributed by atoms with Crippen LogP contribution in [0, 0.1) is 0 Å². The second-order valence-electron chi connectivity index (χ2n) is 4.66. The maximum atomic E-state index is 11.6. The standard InChI is InChI=1S/C13H16N2O3/c14-6-11-8-15(13(16)18-11)7-9-1-2-12-10(5-9)3-4-17-12/h1-2,5,11H,3-4,6-8,14H2. The zero-order valence-electron chi connectivity index (χ0n) is 10.1. The number of hydrogen-bond donors (Lipinski definition) is 1. The highest BCUT2D eigenvalue weighted by molar-refractivity contribution is 5.70. The first-order chi connectivity index (χ1) is 8.76. The molecule has 0 aromatic heterocycles. The number of cyclic esters (lactones) is 1. The SMILES string of the molecule is NCC1CN(Cc2ccc3c(c2)CCO3)C(=O)O1. The summed E-state index contributed by atoms with van der Waals surface area (Å²) in [5, 5.41) is 0. The number of rotatable bonds is 3. The third kappa shape index (κ3) is 2.01. The van der Waals surface area contributed by atoms with Crippen LogP contribution in [-0.2, 0) is 17.7 Å². The molecule has 2 heterocycles. The van der Waals surface area contributed by atoms with E-state index in [1.54, 1.807) is 4.90 Å². The van der Waals surface area contributed by atoms with E-state index in [0.717, 1.165) is 24.3 Å². The highest BCUT2D eigenvalue weighted by Gasteiger charge is 2.30. The lowest BCUT2D eigenvalue weighted by molar-refractivity contribution is 0.134. The van der Waals surface area contributed by atoms with E-state index in [-0.39, 0.29) is 12.2 Å². The van der Waals surface area contributed by atoms with Gasteiger partial charge in [-0.1, -0.05) is 12.1 Å². The van der Waals surface area contributed by atoms with Crippen LogP contribution in [0.2, 0.25) is 0 Å². The first-order valence-corrected chi connectivity index (χ1v) is 6.16. The molecule has 2 aliphatic rings. The van der Waals surface area contributed by atoms with E-state index >= 15 is 0 Å². The third-order valence-corrected chi connectivity index (χ3v) is 3.34. The highest BCUT2D eigenvalue weighted by atomic mass is 16.6. The van der Waals surface area contributed by atoms with Crippen molar-refractivity contribution >= 4 is 6.09 Å². The summed E-state index contributed by atoms with van der Waals surface area (Å²) in [7, 11) is 0. The van der Waals surface area contributed by atoms with Gasteiger partial charge in [-0.3, -0.25) is 0 Å². The summed E-state index contributed by atoms with van der Waals surface area (Å²) in [6.45, 7) is 2.27. The molecule has 3 rings (SSSR count). The molecule has 1 aromatic carbocycles. The lowest BCUT2D eigenvalue weighted by Gasteiger charge is -2.13. The van der Waals surface area contributed by atoms with Gasteiger partial charge in [-0.15, -0.1) is 0 Å². The Morgan fingerprint density at radius 2 is 2.33 bits per heavy atom. The number of hydrogen-bond acceptors (Lipinski definition) is 4. The number of benzene rings is 1. The summed E-state index contributed by atoms with van der Waals surface area (Å²) in [6.07, 6.45) is 0.497. The number of carbonyl (C=O) groups excluding carboxylic acids is 1. The van der Waals surface area contributed by atoms with Crippen LogP contribution >= 0.6 is 0 Å². The summed E-state index contributed by atoms with van der Waals surface area (Å²) in [5.74, 6) is 0.961. The van der Waals surface area contributed by atoms with Crippen LogP contribution in [0.15, 0.2) is 18.2 Å². The topological polar surface area (TPSA) is 64.8 Å². The van der Waals surface area contributed by atoms with E-state index in [9.17, 15) is 4.79 Å². The van der Waals surface area contributed by atoms with Crippen molar-refractivity contribution in [1.29, 1.82) is 0 Å². The van der Waals surface area contributed by atoms with Gasteiger partial charge in [0.1, 0.15) is 11.9 Å². The Hall–Kier alpha value is -1.75. The van der Waals surface area contributed by atoms with Gasteiger partial charge in [0.25, 0.3) is 0 Å². The predicted octanol–water partition coefficient (Wildman–Crippen LogP) is 0.901. The van der Waals surface area contributed by atoms with Crippen LogP contribution < -0.4 is 10.5 Å². The number of amides is 1. The van der Waals surface area contributed by atoms with Gasteiger partial charge in [0.05, 0.1) is 13.2 Å². The summed E-state index contributed by atoms with van der Waals surface area (Å²) < 4.78 is 10.6. The fourth-order valence-electron chi connectivity index (χ4n) is 2.39. The van der Waals surface area contributed by atoms with E-state index in [4.69, 9.17) is 15.2 Å².